The predicted molar refractivity (Wildman–Crippen MR) is 108 cm³/mol. The maximum Gasteiger partial charge on any atom is 0.416 e. The smallest absolute Gasteiger partial charge is 0.416 e. The first-order valence-corrected chi connectivity index (χ1v) is 9.15. The number of alkyl halides is 3. The third-order valence-electron chi connectivity index (χ3n) is 4.29. The molecule has 0 unspecified atom stereocenters. The number of nitro benzene ring substituents is 1. The zero-order valence-corrected chi connectivity index (χ0v) is 16.8. The molecule has 9 nitrogen and oxygen atoms in total. The SMILES string of the molecule is COc1ccc(NC(=O)COC(=O)c2ccc(-c3cccc(C(F)(F)F)c3)o2)c([N+](=O)[O-])c1. The number of carbonyl (C=O) groups is 2. The van der Waals surface area contributed by atoms with Gasteiger partial charge in [-0.2, -0.15) is 13.2 Å². The highest BCUT2D eigenvalue weighted by Crippen LogP contribution is 2.33. The third kappa shape index (κ3) is 5.67. The molecule has 1 aromatic heterocycles. The Bertz CT molecular complexity index is 1200. The third-order valence-corrected chi connectivity index (χ3v) is 4.29. The molecule has 0 saturated carbocycles. The zero-order valence-electron chi connectivity index (χ0n) is 16.8. The number of hydrogen-bond acceptors (Lipinski definition) is 7. The molecule has 0 bridgehead atoms. The van der Waals surface area contributed by atoms with Gasteiger partial charge in [0.1, 0.15) is 17.2 Å². The van der Waals surface area contributed by atoms with Crippen LogP contribution in [0.4, 0.5) is 24.5 Å². The largest absolute Gasteiger partial charge is 0.496 e. The van der Waals surface area contributed by atoms with Crippen LogP contribution < -0.4 is 10.1 Å². The topological polar surface area (TPSA) is 121 Å². The summed E-state index contributed by atoms with van der Waals surface area (Å²) in [6, 6.07) is 10.6. The average molecular weight is 464 g/mol. The molecule has 0 fully saturated rings. The number of halogens is 3. The number of esters is 1. The van der Waals surface area contributed by atoms with Crippen LogP contribution in [-0.4, -0.2) is 30.5 Å². The minimum atomic E-state index is -4.54. The van der Waals surface area contributed by atoms with E-state index in [1.54, 1.807) is 0 Å². The summed E-state index contributed by atoms with van der Waals surface area (Å²) < 4.78 is 53.6. The van der Waals surface area contributed by atoms with E-state index in [1.165, 1.54) is 43.5 Å². The van der Waals surface area contributed by atoms with Crippen molar-refractivity contribution in [2.45, 2.75) is 6.18 Å². The van der Waals surface area contributed by atoms with Gasteiger partial charge in [-0.05, 0) is 36.4 Å². The van der Waals surface area contributed by atoms with E-state index in [4.69, 9.17) is 13.9 Å². The number of amides is 1. The molecule has 0 radical (unpaired) electrons. The van der Waals surface area contributed by atoms with Gasteiger partial charge in [0.2, 0.25) is 5.76 Å². The van der Waals surface area contributed by atoms with E-state index in [0.717, 1.165) is 18.2 Å². The highest BCUT2D eigenvalue weighted by atomic mass is 19.4. The molecule has 1 N–H and O–H groups in total. The number of methoxy groups -OCH3 is 1. The standard InChI is InChI=1S/C21H15F3N2O7/c1-31-14-5-6-15(16(10-14)26(29)30)25-19(27)11-32-20(28)18-8-7-17(33-18)12-3-2-4-13(9-12)21(22,23)24/h2-10H,11H2,1H3,(H,25,27). The van der Waals surface area contributed by atoms with Crippen LogP contribution in [0.25, 0.3) is 11.3 Å². The number of hydrogen-bond donors (Lipinski definition) is 1. The first-order valence-electron chi connectivity index (χ1n) is 9.15. The summed E-state index contributed by atoms with van der Waals surface area (Å²) >= 11 is 0. The van der Waals surface area contributed by atoms with Crippen molar-refractivity contribution >= 4 is 23.3 Å². The fraction of sp³-hybridized carbons (Fsp3) is 0.143. The fourth-order valence-corrected chi connectivity index (χ4v) is 2.74. The second kappa shape index (κ2) is 9.42. The van der Waals surface area contributed by atoms with Crippen molar-refractivity contribution in [1.29, 1.82) is 0 Å². The van der Waals surface area contributed by atoms with Crippen molar-refractivity contribution in [3.63, 3.8) is 0 Å². The highest BCUT2D eigenvalue weighted by Gasteiger charge is 2.30. The van der Waals surface area contributed by atoms with Crippen molar-refractivity contribution in [3.8, 4) is 17.1 Å². The van der Waals surface area contributed by atoms with E-state index in [0.29, 0.717) is 0 Å². The molecule has 0 aliphatic carbocycles. The normalized spacial score (nSPS) is 11.0. The van der Waals surface area contributed by atoms with Crippen molar-refractivity contribution < 1.29 is 41.6 Å². The summed E-state index contributed by atoms with van der Waals surface area (Å²) in [6.07, 6.45) is -4.54. The maximum atomic E-state index is 12.9. The lowest BCUT2D eigenvalue weighted by Gasteiger charge is -2.08. The van der Waals surface area contributed by atoms with Crippen molar-refractivity contribution in [2.24, 2.45) is 0 Å². The Hall–Kier alpha value is -4.35. The fourth-order valence-electron chi connectivity index (χ4n) is 2.74. The Morgan fingerprint density at radius 2 is 1.88 bits per heavy atom. The van der Waals surface area contributed by atoms with E-state index >= 15 is 0 Å². The van der Waals surface area contributed by atoms with Gasteiger partial charge in [0, 0.05) is 5.56 Å². The van der Waals surface area contributed by atoms with Crippen molar-refractivity contribution in [1.82, 2.24) is 0 Å². The molecule has 1 heterocycles. The van der Waals surface area contributed by atoms with Gasteiger partial charge in [0.05, 0.1) is 23.7 Å². The summed E-state index contributed by atoms with van der Waals surface area (Å²) in [5, 5.41) is 13.4. The Morgan fingerprint density at radius 3 is 2.55 bits per heavy atom. The van der Waals surface area contributed by atoms with Gasteiger partial charge < -0.3 is 19.2 Å². The van der Waals surface area contributed by atoms with E-state index in [-0.39, 0.29) is 28.5 Å². The Balaban J connectivity index is 1.64. The number of carbonyl (C=O) groups excluding carboxylic acids is 2. The number of nitro groups is 1. The van der Waals surface area contributed by atoms with Crippen LogP contribution in [0.5, 0.6) is 5.75 Å². The van der Waals surface area contributed by atoms with Gasteiger partial charge >= 0.3 is 12.1 Å². The maximum absolute atomic E-state index is 12.9. The monoisotopic (exact) mass is 464 g/mol. The summed E-state index contributed by atoms with van der Waals surface area (Å²) in [5.74, 6) is -2.05. The molecule has 172 valence electrons. The minimum absolute atomic E-state index is 0.00800. The Labute approximate surface area is 183 Å². The molecule has 0 aliphatic rings. The van der Waals surface area contributed by atoms with E-state index in [1.807, 2.05) is 0 Å². The molecule has 0 aliphatic heterocycles. The Morgan fingerprint density at radius 1 is 1.12 bits per heavy atom. The van der Waals surface area contributed by atoms with Gasteiger partial charge in [-0.1, -0.05) is 12.1 Å². The van der Waals surface area contributed by atoms with Gasteiger partial charge in [-0.3, -0.25) is 14.9 Å². The lowest BCUT2D eigenvalue weighted by atomic mass is 10.1. The molecular weight excluding hydrogens is 449 g/mol. The summed E-state index contributed by atoms with van der Waals surface area (Å²) in [5.41, 5.74) is -1.35. The van der Waals surface area contributed by atoms with Gasteiger partial charge in [0.25, 0.3) is 11.6 Å². The van der Waals surface area contributed by atoms with Gasteiger partial charge in [0.15, 0.2) is 6.61 Å². The number of anilines is 1. The van der Waals surface area contributed by atoms with Crippen molar-refractivity contribution in [2.75, 3.05) is 19.0 Å². The highest BCUT2D eigenvalue weighted by molar-refractivity contribution is 5.96. The van der Waals surface area contributed by atoms with Crippen LogP contribution in [0.15, 0.2) is 59.0 Å². The lowest BCUT2D eigenvalue weighted by Crippen LogP contribution is -2.21. The molecule has 0 atom stereocenters. The van der Waals surface area contributed by atoms with Gasteiger partial charge in [-0.25, -0.2) is 4.79 Å². The van der Waals surface area contributed by atoms with Crippen LogP contribution in [0.3, 0.4) is 0 Å². The number of nitrogens with zero attached hydrogens (tertiary/aromatic N) is 1. The molecule has 1 amide bonds. The van der Waals surface area contributed by atoms with Crippen LogP contribution in [0.2, 0.25) is 0 Å². The zero-order chi connectivity index (χ0) is 24.2. The molecule has 0 saturated heterocycles. The lowest BCUT2D eigenvalue weighted by molar-refractivity contribution is -0.384. The summed E-state index contributed by atoms with van der Waals surface area (Å²) in [7, 11) is 1.32. The van der Waals surface area contributed by atoms with Crippen LogP contribution in [0.1, 0.15) is 16.1 Å². The van der Waals surface area contributed by atoms with E-state index < -0.39 is 40.8 Å². The molecule has 0 spiro atoms. The number of furan rings is 1. The number of benzene rings is 2. The molecular formula is C21H15F3N2O7. The predicted octanol–water partition coefficient (Wildman–Crippen LogP) is 4.68. The second-order valence-corrected chi connectivity index (χ2v) is 6.51. The Kier molecular flexibility index (Phi) is 6.66. The van der Waals surface area contributed by atoms with Crippen molar-refractivity contribution in [3.05, 3.63) is 76.0 Å². The second-order valence-electron chi connectivity index (χ2n) is 6.51. The van der Waals surface area contributed by atoms with E-state index in [9.17, 15) is 32.9 Å². The first-order chi connectivity index (χ1) is 15.6. The van der Waals surface area contributed by atoms with Crippen LogP contribution in [-0.2, 0) is 15.7 Å². The molecule has 12 heteroatoms. The molecule has 33 heavy (non-hydrogen) atoms. The molecule has 2 aromatic carbocycles. The molecule has 3 aromatic rings. The van der Waals surface area contributed by atoms with Crippen LogP contribution in [0, 0.1) is 10.1 Å². The number of rotatable bonds is 7. The summed E-state index contributed by atoms with van der Waals surface area (Å²) in [4.78, 5) is 34.6. The quantitative estimate of drug-likeness (QED) is 0.306. The van der Waals surface area contributed by atoms with Crippen LogP contribution >= 0.6 is 0 Å². The molecule has 3 rings (SSSR count). The van der Waals surface area contributed by atoms with Gasteiger partial charge in [-0.15, -0.1) is 0 Å². The average Bonchev–Trinajstić information content (AvgIpc) is 3.27. The number of nitrogens with one attached hydrogen (secondary N) is 1. The van der Waals surface area contributed by atoms with E-state index in [2.05, 4.69) is 5.32 Å². The minimum Gasteiger partial charge on any atom is -0.496 e. The first kappa shape index (κ1) is 23.3. The summed E-state index contributed by atoms with van der Waals surface area (Å²) in [6.45, 7) is -0.790. The number of ether oxygens (including phenoxy) is 2.